The highest BCUT2D eigenvalue weighted by Crippen LogP contribution is 2.21. The van der Waals surface area contributed by atoms with Crippen LogP contribution < -0.4 is 5.32 Å². The van der Waals surface area contributed by atoms with Gasteiger partial charge in [-0.3, -0.25) is 9.59 Å². The van der Waals surface area contributed by atoms with Gasteiger partial charge < -0.3 is 10.2 Å². The van der Waals surface area contributed by atoms with Crippen molar-refractivity contribution in [1.82, 2.24) is 9.88 Å². The zero-order valence-electron chi connectivity index (χ0n) is 16.8. The van der Waals surface area contributed by atoms with Gasteiger partial charge in [0.15, 0.2) is 0 Å². The van der Waals surface area contributed by atoms with Crippen molar-refractivity contribution in [1.29, 1.82) is 0 Å². The van der Waals surface area contributed by atoms with E-state index < -0.39 is 0 Å². The van der Waals surface area contributed by atoms with Gasteiger partial charge in [-0.05, 0) is 65.2 Å². The second-order valence-electron chi connectivity index (χ2n) is 7.86. The summed E-state index contributed by atoms with van der Waals surface area (Å²) in [5, 5.41) is 2.87. The van der Waals surface area contributed by atoms with Crippen LogP contribution in [0, 0.1) is 11.8 Å². The van der Waals surface area contributed by atoms with Crippen LogP contribution >= 0.6 is 15.9 Å². The number of nitrogens with zero attached hydrogens (tertiary/aromatic N) is 2. The number of rotatable bonds is 7. The molecule has 3 rings (SSSR count). The van der Waals surface area contributed by atoms with Crippen molar-refractivity contribution in [2.75, 3.05) is 18.4 Å². The summed E-state index contributed by atoms with van der Waals surface area (Å²) in [4.78, 5) is 31.4. The van der Waals surface area contributed by atoms with Gasteiger partial charge in [-0.1, -0.05) is 37.3 Å². The van der Waals surface area contributed by atoms with Gasteiger partial charge in [0.1, 0.15) is 5.82 Å². The summed E-state index contributed by atoms with van der Waals surface area (Å²) in [5.74, 6) is 0.775. The van der Waals surface area contributed by atoms with Gasteiger partial charge in [0, 0.05) is 30.2 Å². The number of aromatic nitrogens is 1. The van der Waals surface area contributed by atoms with Crippen molar-refractivity contribution in [3.63, 3.8) is 0 Å². The standard InChI is InChI=1S/C23H28BrN3O2/c1-17(9-10-18-6-3-2-4-7-18)14-22(28)27-13-5-8-19(16-27)23(29)26-21-12-11-20(24)15-25-21/h2-4,6-7,11-12,15,17,19H,5,8-10,13-14,16H2,1H3,(H,25,26,29). The molecule has 5 nitrogen and oxygen atoms in total. The van der Waals surface area contributed by atoms with Crippen LogP contribution in [0.1, 0.15) is 38.2 Å². The molecule has 1 saturated heterocycles. The maximum atomic E-state index is 12.8. The number of anilines is 1. The minimum Gasteiger partial charge on any atom is -0.342 e. The van der Waals surface area contributed by atoms with E-state index in [0.717, 1.165) is 36.7 Å². The molecule has 1 aromatic heterocycles. The lowest BCUT2D eigenvalue weighted by Gasteiger charge is -2.32. The Labute approximate surface area is 181 Å². The van der Waals surface area contributed by atoms with E-state index in [2.05, 4.69) is 45.3 Å². The zero-order chi connectivity index (χ0) is 20.6. The maximum absolute atomic E-state index is 12.8. The molecule has 0 spiro atoms. The SMILES string of the molecule is CC(CCc1ccccc1)CC(=O)N1CCCC(C(=O)Nc2ccc(Br)cn2)C1. The van der Waals surface area contributed by atoms with Crippen LogP contribution in [0.2, 0.25) is 0 Å². The monoisotopic (exact) mass is 457 g/mol. The van der Waals surface area contributed by atoms with Crippen molar-refractivity contribution in [2.45, 2.75) is 39.0 Å². The van der Waals surface area contributed by atoms with Crippen molar-refractivity contribution in [2.24, 2.45) is 11.8 Å². The van der Waals surface area contributed by atoms with Crippen LogP contribution in [-0.2, 0) is 16.0 Å². The largest absolute Gasteiger partial charge is 0.342 e. The second-order valence-corrected chi connectivity index (χ2v) is 8.78. The number of benzene rings is 1. The summed E-state index contributed by atoms with van der Waals surface area (Å²) < 4.78 is 0.867. The fourth-order valence-corrected chi connectivity index (χ4v) is 3.92. The Bertz CT molecular complexity index is 811. The van der Waals surface area contributed by atoms with E-state index in [1.807, 2.05) is 29.2 Å². The van der Waals surface area contributed by atoms with E-state index in [4.69, 9.17) is 0 Å². The molecule has 1 aliphatic rings. The number of nitrogens with one attached hydrogen (secondary N) is 1. The third kappa shape index (κ3) is 6.67. The normalized spacial score (nSPS) is 17.6. The summed E-state index contributed by atoms with van der Waals surface area (Å²) in [6, 6.07) is 14.0. The summed E-state index contributed by atoms with van der Waals surface area (Å²) >= 11 is 3.34. The number of amides is 2. The third-order valence-corrected chi connectivity index (χ3v) is 5.88. The van der Waals surface area contributed by atoms with Gasteiger partial charge in [0.05, 0.1) is 5.92 Å². The Hall–Kier alpha value is -2.21. The predicted molar refractivity (Wildman–Crippen MR) is 118 cm³/mol. The lowest BCUT2D eigenvalue weighted by atomic mass is 9.94. The molecular weight excluding hydrogens is 430 g/mol. The lowest BCUT2D eigenvalue weighted by Crippen LogP contribution is -2.44. The fraction of sp³-hybridized carbons (Fsp3) is 0.435. The number of carbonyl (C=O) groups excluding carboxylic acids is 2. The fourth-order valence-electron chi connectivity index (χ4n) is 3.68. The Morgan fingerprint density at radius 3 is 2.76 bits per heavy atom. The summed E-state index contributed by atoms with van der Waals surface area (Å²) in [6.45, 7) is 3.37. The molecule has 1 N–H and O–H groups in total. The quantitative estimate of drug-likeness (QED) is 0.656. The molecule has 154 valence electrons. The summed E-state index contributed by atoms with van der Waals surface area (Å²) in [7, 11) is 0. The first-order valence-corrected chi connectivity index (χ1v) is 11.0. The van der Waals surface area contributed by atoms with Crippen LogP contribution in [-0.4, -0.2) is 34.8 Å². The van der Waals surface area contributed by atoms with E-state index in [1.54, 1.807) is 12.3 Å². The van der Waals surface area contributed by atoms with Crippen LogP contribution in [0.4, 0.5) is 5.82 Å². The molecule has 2 atom stereocenters. The Balaban J connectivity index is 1.46. The first-order valence-electron chi connectivity index (χ1n) is 10.3. The highest BCUT2D eigenvalue weighted by molar-refractivity contribution is 9.10. The van der Waals surface area contributed by atoms with E-state index >= 15 is 0 Å². The molecule has 2 heterocycles. The van der Waals surface area contributed by atoms with Crippen LogP contribution in [0.15, 0.2) is 53.1 Å². The van der Waals surface area contributed by atoms with Gasteiger partial charge in [0.2, 0.25) is 11.8 Å². The van der Waals surface area contributed by atoms with Crippen molar-refractivity contribution < 1.29 is 9.59 Å². The van der Waals surface area contributed by atoms with E-state index in [-0.39, 0.29) is 17.7 Å². The first-order chi connectivity index (χ1) is 14.0. The average molecular weight is 458 g/mol. The second kappa shape index (κ2) is 10.5. The molecule has 2 unspecified atom stereocenters. The lowest BCUT2D eigenvalue weighted by molar-refractivity contribution is -0.135. The predicted octanol–water partition coefficient (Wildman–Crippen LogP) is 4.68. The molecule has 1 aromatic carbocycles. The number of halogens is 1. The first kappa shape index (κ1) is 21.5. The van der Waals surface area contributed by atoms with Crippen molar-refractivity contribution in [3.05, 3.63) is 58.7 Å². The van der Waals surface area contributed by atoms with Gasteiger partial charge in [0.25, 0.3) is 0 Å². The van der Waals surface area contributed by atoms with Crippen LogP contribution in [0.3, 0.4) is 0 Å². The zero-order valence-corrected chi connectivity index (χ0v) is 18.4. The molecule has 0 bridgehead atoms. The minimum atomic E-state index is -0.183. The number of pyridine rings is 1. The Kier molecular flexibility index (Phi) is 7.81. The Morgan fingerprint density at radius 2 is 2.03 bits per heavy atom. The molecule has 0 radical (unpaired) electrons. The van der Waals surface area contributed by atoms with Crippen LogP contribution in [0.25, 0.3) is 0 Å². The van der Waals surface area contributed by atoms with Gasteiger partial charge >= 0.3 is 0 Å². The summed E-state index contributed by atoms with van der Waals surface area (Å²) in [5.41, 5.74) is 1.31. The molecule has 0 aliphatic carbocycles. The van der Waals surface area contributed by atoms with Crippen molar-refractivity contribution in [3.8, 4) is 0 Å². The average Bonchev–Trinajstić information content (AvgIpc) is 2.74. The molecule has 0 saturated carbocycles. The molecule has 2 aromatic rings. The molecule has 1 fully saturated rings. The molecule has 6 heteroatoms. The topological polar surface area (TPSA) is 62.3 Å². The van der Waals surface area contributed by atoms with Gasteiger partial charge in [-0.2, -0.15) is 0 Å². The number of likely N-dealkylation sites (tertiary alicyclic amines) is 1. The number of carbonyl (C=O) groups is 2. The van der Waals surface area contributed by atoms with E-state index in [0.29, 0.717) is 24.7 Å². The smallest absolute Gasteiger partial charge is 0.230 e. The molecule has 2 amide bonds. The molecular formula is C23H28BrN3O2. The molecule has 29 heavy (non-hydrogen) atoms. The molecule has 1 aliphatic heterocycles. The number of hydrogen-bond acceptors (Lipinski definition) is 3. The highest BCUT2D eigenvalue weighted by atomic mass is 79.9. The summed E-state index contributed by atoms with van der Waals surface area (Å²) in [6.07, 6.45) is 5.83. The number of hydrogen-bond donors (Lipinski definition) is 1. The third-order valence-electron chi connectivity index (χ3n) is 5.42. The maximum Gasteiger partial charge on any atom is 0.230 e. The van der Waals surface area contributed by atoms with E-state index in [1.165, 1.54) is 5.56 Å². The van der Waals surface area contributed by atoms with Crippen molar-refractivity contribution >= 4 is 33.6 Å². The van der Waals surface area contributed by atoms with Gasteiger partial charge in [-0.25, -0.2) is 4.98 Å². The van der Waals surface area contributed by atoms with E-state index in [9.17, 15) is 9.59 Å². The number of piperidine rings is 1. The highest BCUT2D eigenvalue weighted by Gasteiger charge is 2.29. The van der Waals surface area contributed by atoms with Crippen LogP contribution in [0.5, 0.6) is 0 Å². The number of aryl methyl sites for hydroxylation is 1. The minimum absolute atomic E-state index is 0.0607. The Morgan fingerprint density at radius 1 is 1.24 bits per heavy atom. The van der Waals surface area contributed by atoms with Gasteiger partial charge in [-0.15, -0.1) is 0 Å².